The number of hydrogen-bond donors (Lipinski definition) is 0. The van der Waals surface area contributed by atoms with E-state index >= 15 is 0 Å². The minimum atomic E-state index is -0.333. The second kappa shape index (κ2) is 3.80. The van der Waals surface area contributed by atoms with E-state index in [0.717, 1.165) is 11.1 Å². The zero-order valence-electron chi connectivity index (χ0n) is 10.0. The Bertz CT molecular complexity index is 337. The van der Waals surface area contributed by atoms with Gasteiger partial charge in [-0.2, -0.15) is 0 Å². The second-order valence-corrected chi connectivity index (χ2v) is 4.69. The predicted octanol–water partition coefficient (Wildman–Crippen LogP) is 2.11. The van der Waals surface area contributed by atoms with Crippen LogP contribution >= 0.6 is 0 Å². The Morgan fingerprint density at radius 2 is 1.93 bits per heavy atom. The van der Waals surface area contributed by atoms with Gasteiger partial charge in [-0.15, -0.1) is 0 Å². The van der Waals surface area contributed by atoms with Gasteiger partial charge in [0, 0.05) is 6.92 Å². The van der Waals surface area contributed by atoms with Crippen molar-refractivity contribution in [3.8, 4) is 0 Å². The maximum atomic E-state index is 11.9. The molecule has 0 aliphatic heterocycles. The highest BCUT2D eigenvalue weighted by atomic mass is 16.5. The second-order valence-electron chi connectivity index (χ2n) is 4.69. The molecule has 0 N–H and O–H groups in total. The summed E-state index contributed by atoms with van der Waals surface area (Å²) < 4.78 is 4.94. The molecule has 0 unspecified atom stereocenters. The van der Waals surface area contributed by atoms with Crippen molar-refractivity contribution < 1.29 is 14.3 Å². The first-order valence-electron chi connectivity index (χ1n) is 5.14. The van der Waals surface area contributed by atoms with Crippen LogP contribution in [0.1, 0.15) is 34.6 Å². The Hall–Kier alpha value is -1.12. The first-order chi connectivity index (χ1) is 6.78. The van der Waals surface area contributed by atoms with Crippen LogP contribution in [0.2, 0.25) is 0 Å². The zero-order valence-corrected chi connectivity index (χ0v) is 10.0. The lowest BCUT2D eigenvalue weighted by atomic mass is 9.78. The predicted molar refractivity (Wildman–Crippen MR) is 57.3 cm³/mol. The molecule has 0 aromatic rings. The van der Waals surface area contributed by atoms with Crippen molar-refractivity contribution in [1.82, 2.24) is 0 Å². The Balaban J connectivity index is 2.85. The Labute approximate surface area is 90.5 Å². The van der Waals surface area contributed by atoms with Gasteiger partial charge in [-0.25, -0.2) is 0 Å². The summed E-state index contributed by atoms with van der Waals surface area (Å²) in [5, 5.41) is 0. The van der Waals surface area contributed by atoms with E-state index in [1.165, 1.54) is 6.92 Å². The molecule has 1 atom stereocenters. The molecule has 0 saturated carbocycles. The minimum Gasteiger partial charge on any atom is -0.465 e. The number of carbonyl (C=O) groups is 2. The molecule has 3 heteroatoms. The standard InChI is InChI=1S/C12H18O3/c1-7-8(2)12(4,5)10(11(7)14)6-15-9(3)13/h10H,6H2,1-5H3/t10-/m1/s1. The van der Waals surface area contributed by atoms with Crippen molar-refractivity contribution in [2.24, 2.45) is 11.3 Å². The van der Waals surface area contributed by atoms with Gasteiger partial charge in [-0.1, -0.05) is 19.4 Å². The number of ether oxygens (including phenoxy) is 1. The number of rotatable bonds is 2. The molecule has 0 spiro atoms. The van der Waals surface area contributed by atoms with E-state index in [9.17, 15) is 9.59 Å². The number of carbonyl (C=O) groups excluding carboxylic acids is 2. The van der Waals surface area contributed by atoms with Gasteiger partial charge in [0.1, 0.15) is 6.61 Å². The normalized spacial score (nSPS) is 24.6. The third kappa shape index (κ3) is 1.96. The summed E-state index contributed by atoms with van der Waals surface area (Å²) in [7, 11) is 0. The highest BCUT2D eigenvalue weighted by molar-refractivity contribution is 6.01. The van der Waals surface area contributed by atoms with Crippen LogP contribution in [0, 0.1) is 11.3 Å². The van der Waals surface area contributed by atoms with Gasteiger partial charge in [0.2, 0.25) is 0 Å². The van der Waals surface area contributed by atoms with E-state index in [4.69, 9.17) is 4.74 Å². The monoisotopic (exact) mass is 210 g/mol. The van der Waals surface area contributed by atoms with Crippen molar-refractivity contribution >= 4 is 11.8 Å². The van der Waals surface area contributed by atoms with Crippen molar-refractivity contribution in [2.45, 2.75) is 34.6 Å². The molecular formula is C12H18O3. The lowest BCUT2D eigenvalue weighted by Gasteiger charge is -2.27. The van der Waals surface area contributed by atoms with Crippen molar-refractivity contribution in [1.29, 1.82) is 0 Å². The van der Waals surface area contributed by atoms with Gasteiger partial charge in [-0.05, 0) is 24.8 Å². The molecule has 0 radical (unpaired) electrons. The molecule has 0 fully saturated rings. The van der Waals surface area contributed by atoms with Crippen LogP contribution in [-0.4, -0.2) is 18.4 Å². The first-order valence-corrected chi connectivity index (χ1v) is 5.14. The lowest BCUT2D eigenvalue weighted by molar-refractivity contribution is -0.144. The highest BCUT2D eigenvalue weighted by Gasteiger charge is 2.44. The Morgan fingerprint density at radius 1 is 1.40 bits per heavy atom. The zero-order chi connectivity index (χ0) is 11.8. The number of ketones is 1. The van der Waals surface area contributed by atoms with Crippen LogP contribution in [0.5, 0.6) is 0 Å². The molecule has 0 bridgehead atoms. The number of hydrogen-bond acceptors (Lipinski definition) is 3. The van der Waals surface area contributed by atoms with Gasteiger partial charge in [-0.3, -0.25) is 9.59 Å². The fourth-order valence-electron chi connectivity index (χ4n) is 2.00. The van der Waals surface area contributed by atoms with E-state index in [2.05, 4.69) is 0 Å². The van der Waals surface area contributed by atoms with Crippen molar-refractivity contribution in [3.05, 3.63) is 11.1 Å². The maximum Gasteiger partial charge on any atom is 0.302 e. The molecule has 0 saturated heterocycles. The van der Waals surface area contributed by atoms with Crippen LogP contribution in [0.15, 0.2) is 11.1 Å². The molecule has 0 aromatic carbocycles. The maximum absolute atomic E-state index is 11.9. The molecule has 3 nitrogen and oxygen atoms in total. The Morgan fingerprint density at radius 3 is 2.27 bits per heavy atom. The minimum absolute atomic E-state index is 0.110. The van der Waals surface area contributed by atoms with Gasteiger partial charge >= 0.3 is 5.97 Å². The summed E-state index contributed by atoms with van der Waals surface area (Å²) in [6, 6.07) is 0. The van der Waals surface area contributed by atoms with Crippen LogP contribution in [0.3, 0.4) is 0 Å². The summed E-state index contributed by atoms with van der Waals surface area (Å²) in [5.74, 6) is -0.444. The largest absolute Gasteiger partial charge is 0.465 e. The topological polar surface area (TPSA) is 43.4 Å². The fourth-order valence-corrected chi connectivity index (χ4v) is 2.00. The Kier molecular flexibility index (Phi) is 3.03. The molecule has 0 amide bonds. The molecule has 84 valence electrons. The highest BCUT2D eigenvalue weighted by Crippen LogP contribution is 2.44. The third-order valence-electron chi connectivity index (χ3n) is 3.54. The average molecular weight is 210 g/mol. The lowest BCUT2D eigenvalue weighted by Crippen LogP contribution is -2.30. The third-order valence-corrected chi connectivity index (χ3v) is 3.54. The van der Waals surface area contributed by atoms with E-state index in [-0.39, 0.29) is 29.7 Å². The van der Waals surface area contributed by atoms with E-state index in [1.54, 1.807) is 0 Å². The number of Topliss-reactive ketones (excluding diaryl/α,β-unsaturated/α-hetero) is 1. The van der Waals surface area contributed by atoms with Gasteiger partial charge < -0.3 is 4.74 Å². The smallest absolute Gasteiger partial charge is 0.302 e. The molecular weight excluding hydrogens is 192 g/mol. The molecule has 0 aromatic heterocycles. The summed E-state index contributed by atoms with van der Waals surface area (Å²) in [5.41, 5.74) is 1.72. The van der Waals surface area contributed by atoms with Crippen molar-refractivity contribution in [3.63, 3.8) is 0 Å². The average Bonchev–Trinajstić information content (AvgIpc) is 2.26. The van der Waals surface area contributed by atoms with Crippen LogP contribution < -0.4 is 0 Å². The molecule has 1 aliphatic rings. The quantitative estimate of drug-likeness (QED) is 0.656. The van der Waals surface area contributed by atoms with E-state index in [0.29, 0.717) is 0 Å². The van der Waals surface area contributed by atoms with Gasteiger partial charge in [0.15, 0.2) is 5.78 Å². The SMILES string of the molecule is CC(=O)OC[C@@H]1C(=O)C(C)=C(C)C1(C)C. The first kappa shape index (κ1) is 12.0. The fraction of sp³-hybridized carbons (Fsp3) is 0.667. The van der Waals surface area contributed by atoms with Crippen molar-refractivity contribution in [2.75, 3.05) is 6.61 Å². The van der Waals surface area contributed by atoms with E-state index < -0.39 is 0 Å². The summed E-state index contributed by atoms with van der Waals surface area (Å²) in [6.07, 6.45) is 0. The van der Waals surface area contributed by atoms with Gasteiger partial charge in [0.05, 0.1) is 5.92 Å². The summed E-state index contributed by atoms with van der Waals surface area (Å²) in [6.45, 7) is 9.40. The molecule has 15 heavy (non-hydrogen) atoms. The van der Waals surface area contributed by atoms with Crippen LogP contribution in [0.25, 0.3) is 0 Å². The molecule has 0 heterocycles. The molecule has 1 rings (SSSR count). The summed E-state index contributed by atoms with van der Waals surface area (Å²) in [4.78, 5) is 22.6. The number of allylic oxidation sites excluding steroid dienone is 2. The number of esters is 1. The van der Waals surface area contributed by atoms with Crippen LogP contribution in [-0.2, 0) is 14.3 Å². The van der Waals surface area contributed by atoms with E-state index in [1.807, 2.05) is 27.7 Å². The van der Waals surface area contributed by atoms with Gasteiger partial charge in [0.25, 0.3) is 0 Å². The molecule has 1 aliphatic carbocycles. The summed E-state index contributed by atoms with van der Waals surface area (Å²) >= 11 is 0. The van der Waals surface area contributed by atoms with Crippen LogP contribution in [0.4, 0.5) is 0 Å².